The van der Waals surface area contributed by atoms with Crippen LogP contribution in [0.4, 0.5) is 4.79 Å². The molecule has 0 aliphatic heterocycles. The number of carboxylic acids is 1. The van der Waals surface area contributed by atoms with E-state index in [1.54, 1.807) is 45.0 Å². The fourth-order valence-corrected chi connectivity index (χ4v) is 2.72. The normalized spacial score (nSPS) is 16.7. The zero-order valence-corrected chi connectivity index (χ0v) is 14.7. The van der Waals surface area contributed by atoms with Crippen LogP contribution in [0.1, 0.15) is 44.7 Å². The third-order valence-electron chi connectivity index (χ3n) is 4.21. The highest BCUT2D eigenvalue weighted by Crippen LogP contribution is 2.49. The van der Waals surface area contributed by atoms with Crippen LogP contribution in [0.3, 0.4) is 0 Å². The second-order valence-corrected chi connectivity index (χ2v) is 7.47. The molecule has 0 bridgehead atoms. The minimum Gasteiger partial charge on any atom is -0.480 e. The third kappa shape index (κ3) is 4.96. The standard InChI is InChI=1S/C17H24BNO6/c1-16(2,3)25-15(22)19-13(14(20)21)10-11-5-4-6-12(9-11)17(7-8-17)18(23)24/h4-6,9,13,23-24H,7-8,10H2,1-3H3,(H,19,22)(H,20,21)/t13-/m0/s1. The van der Waals surface area contributed by atoms with Crippen LogP contribution in [0.15, 0.2) is 24.3 Å². The van der Waals surface area contributed by atoms with Crippen molar-refractivity contribution in [2.45, 2.75) is 57.0 Å². The molecule has 0 heterocycles. The van der Waals surface area contributed by atoms with Crippen LogP contribution in [0.25, 0.3) is 0 Å². The Morgan fingerprint density at radius 2 is 1.96 bits per heavy atom. The Hall–Kier alpha value is -2.06. The molecule has 1 aliphatic carbocycles. The summed E-state index contributed by atoms with van der Waals surface area (Å²) in [6.07, 6.45) is 0.625. The first kappa shape index (κ1) is 19.3. The number of carboxylic acid groups (broad SMARTS) is 1. The van der Waals surface area contributed by atoms with Crippen molar-refractivity contribution in [1.29, 1.82) is 0 Å². The van der Waals surface area contributed by atoms with Crippen molar-refractivity contribution in [2.24, 2.45) is 0 Å². The van der Waals surface area contributed by atoms with Crippen LogP contribution >= 0.6 is 0 Å². The molecular formula is C17H24BNO6. The molecule has 0 unspecified atom stereocenters. The van der Waals surface area contributed by atoms with Gasteiger partial charge in [-0.3, -0.25) is 0 Å². The molecule has 7 nitrogen and oxygen atoms in total. The lowest BCUT2D eigenvalue weighted by molar-refractivity contribution is -0.139. The molecule has 1 atom stereocenters. The summed E-state index contributed by atoms with van der Waals surface area (Å²) in [6, 6.07) is 5.92. The number of nitrogens with one attached hydrogen (secondary N) is 1. The van der Waals surface area contributed by atoms with Gasteiger partial charge in [0.2, 0.25) is 0 Å². The van der Waals surface area contributed by atoms with Gasteiger partial charge in [0.1, 0.15) is 11.6 Å². The summed E-state index contributed by atoms with van der Waals surface area (Å²) in [5.41, 5.74) is 0.733. The zero-order valence-electron chi connectivity index (χ0n) is 14.7. The maximum absolute atomic E-state index is 11.8. The molecule has 0 spiro atoms. The Balaban J connectivity index is 2.10. The van der Waals surface area contributed by atoms with Gasteiger partial charge in [-0.25, -0.2) is 9.59 Å². The number of carbonyl (C=O) groups is 2. The number of hydrogen-bond acceptors (Lipinski definition) is 5. The first-order valence-corrected chi connectivity index (χ1v) is 8.21. The lowest BCUT2D eigenvalue weighted by Gasteiger charge is -2.22. The summed E-state index contributed by atoms with van der Waals surface area (Å²) < 4.78 is 5.10. The van der Waals surface area contributed by atoms with E-state index < -0.39 is 36.1 Å². The summed E-state index contributed by atoms with van der Waals surface area (Å²) in [6.45, 7) is 5.09. The van der Waals surface area contributed by atoms with Crippen LogP contribution < -0.4 is 5.32 Å². The van der Waals surface area contributed by atoms with E-state index in [1.165, 1.54) is 0 Å². The highest BCUT2D eigenvalue weighted by atomic mass is 16.6. The predicted molar refractivity (Wildman–Crippen MR) is 92.0 cm³/mol. The average Bonchev–Trinajstić information content (AvgIpc) is 3.26. The Labute approximate surface area is 147 Å². The van der Waals surface area contributed by atoms with Gasteiger partial charge in [0.05, 0.1) is 0 Å². The molecule has 1 amide bonds. The fourth-order valence-electron chi connectivity index (χ4n) is 2.72. The number of alkyl carbamates (subject to hydrolysis) is 1. The highest BCUT2D eigenvalue weighted by molar-refractivity contribution is 6.47. The van der Waals surface area contributed by atoms with E-state index in [1.807, 2.05) is 0 Å². The molecule has 0 saturated heterocycles. The molecular weight excluding hydrogens is 325 g/mol. The Kier molecular flexibility index (Phi) is 5.44. The number of aliphatic carboxylic acids is 1. The van der Waals surface area contributed by atoms with Crippen molar-refractivity contribution in [3.63, 3.8) is 0 Å². The van der Waals surface area contributed by atoms with Crippen LogP contribution in [0, 0.1) is 0 Å². The number of hydrogen-bond donors (Lipinski definition) is 4. The Bertz CT molecular complexity index is 651. The number of benzene rings is 1. The van der Waals surface area contributed by atoms with Gasteiger partial charge in [0.15, 0.2) is 0 Å². The maximum atomic E-state index is 11.8. The van der Waals surface area contributed by atoms with Crippen LogP contribution in [-0.2, 0) is 21.3 Å². The van der Waals surface area contributed by atoms with Crippen LogP contribution in [0.2, 0.25) is 0 Å². The quantitative estimate of drug-likeness (QED) is 0.575. The largest absolute Gasteiger partial charge is 0.480 e. The summed E-state index contributed by atoms with van der Waals surface area (Å²) in [4.78, 5) is 23.3. The average molecular weight is 349 g/mol. The Morgan fingerprint density at radius 1 is 1.32 bits per heavy atom. The second-order valence-electron chi connectivity index (χ2n) is 7.47. The summed E-state index contributed by atoms with van der Waals surface area (Å²) in [5, 5.41) is 30.2. The lowest BCUT2D eigenvalue weighted by atomic mass is 9.65. The molecule has 8 heteroatoms. The molecule has 136 valence electrons. The molecule has 1 saturated carbocycles. The van der Waals surface area contributed by atoms with E-state index in [0.717, 1.165) is 5.56 Å². The molecule has 0 aromatic heterocycles. The van der Waals surface area contributed by atoms with Crippen molar-refractivity contribution in [1.82, 2.24) is 5.32 Å². The minimum absolute atomic E-state index is 0.0695. The molecule has 25 heavy (non-hydrogen) atoms. The smallest absolute Gasteiger partial charge is 0.462 e. The van der Waals surface area contributed by atoms with Crippen molar-refractivity contribution < 1.29 is 29.5 Å². The van der Waals surface area contributed by atoms with Crippen LogP contribution in [0.5, 0.6) is 0 Å². The number of rotatable bonds is 6. The number of ether oxygens (including phenoxy) is 1. The van der Waals surface area contributed by atoms with E-state index in [4.69, 9.17) is 4.74 Å². The maximum Gasteiger partial charge on any atom is 0.462 e. The van der Waals surface area contributed by atoms with Gasteiger partial charge < -0.3 is 25.2 Å². The van der Waals surface area contributed by atoms with Crippen molar-refractivity contribution in [3.05, 3.63) is 35.4 Å². The molecule has 2 rings (SSSR count). The first-order valence-electron chi connectivity index (χ1n) is 8.21. The first-order chi connectivity index (χ1) is 11.5. The SMILES string of the molecule is CC(C)(C)OC(=O)N[C@@H](Cc1cccc(C2(B(O)O)CC2)c1)C(=O)O. The lowest BCUT2D eigenvalue weighted by Crippen LogP contribution is -2.44. The molecule has 1 aromatic rings. The van der Waals surface area contributed by atoms with Crippen LogP contribution in [-0.4, -0.2) is 46.0 Å². The van der Waals surface area contributed by atoms with Gasteiger partial charge in [-0.05, 0) is 44.7 Å². The van der Waals surface area contributed by atoms with Gasteiger partial charge in [-0.2, -0.15) is 0 Å². The van der Waals surface area contributed by atoms with E-state index in [-0.39, 0.29) is 6.42 Å². The molecule has 1 fully saturated rings. The van der Waals surface area contributed by atoms with Crippen molar-refractivity contribution >= 4 is 19.2 Å². The van der Waals surface area contributed by atoms with E-state index >= 15 is 0 Å². The van der Waals surface area contributed by atoms with Gasteiger partial charge >= 0.3 is 19.2 Å². The van der Waals surface area contributed by atoms with Gasteiger partial charge in [-0.15, -0.1) is 0 Å². The number of carbonyl (C=O) groups excluding carboxylic acids is 1. The monoisotopic (exact) mass is 349 g/mol. The van der Waals surface area contributed by atoms with Gasteiger partial charge in [-0.1, -0.05) is 24.3 Å². The molecule has 4 N–H and O–H groups in total. The van der Waals surface area contributed by atoms with E-state index in [0.29, 0.717) is 18.4 Å². The predicted octanol–water partition coefficient (Wildman–Crippen LogP) is 1.25. The zero-order chi connectivity index (χ0) is 18.8. The Morgan fingerprint density at radius 3 is 2.44 bits per heavy atom. The molecule has 0 radical (unpaired) electrons. The van der Waals surface area contributed by atoms with Crippen molar-refractivity contribution in [2.75, 3.05) is 0 Å². The second kappa shape index (κ2) is 7.05. The summed E-state index contributed by atoms with van der Waals surface area (Å²) in [5.74, 6) is -1.17. The minimum atomic E-state index is -1.45. The highest BCUT2D eigenvalue weighted by Gasteiger charge is 2.53. The van der Waals surface area contributed by atoms with Gasteiger partial charge in [0.25, 0.3) is 0 Å². The fraction of sp³-hybridized carbons (Fsp3) is 0.529. The topological polar surface area (TPSA) is 116 Å². The van der Waals surface area contributed by atoms with Gasteiger partial charge in [0, 0.05) is 11.7 Å². The molecule has 1 aliphatic rings. The number of amides is 1. The van der Waals surface area contributed by atoms with E-state index in [2.05, 4.69) is 5.32 Å². The van der Waals surface area contributed by atoms with Crippen molar-refractivity contribution in [3.8, 4) is 0 Å². The van der Waals surface area contributed by atoms with E-state index in [9.17, 15) is 24.7 Å². The third-order valence-corrected chi connectivity index (χ3v) is 4.21. The summed E-state index contributed by atoms with van der Waals surface area (Å²) >= 11 is 0. The summed E-state index contributed by atoms with van der Waals surface area (Å²) in [7, 11) is -1.45. The molecule has 1 aromatic carbocycles.